The number of hydrogen-bond acceptors (Lipinski definition) is 5. The van der Waals surface area contributed by atoms with Crippen molar-refractivity contribution in [1.82, 2.24) is 0 Å². The zero-order chi connectivity index (χ0) is 19.3. The van der Waals surface area contributed by atoms with E-state index in [-0.39, 0.29) is 5.91 Å². The van der Waals surface area contributed by atoms with Crippen LogP contribution in [0.5, 0.6) is 0 Å². The van der Waals surface area contributed by atoms with Crippen LogP contribution in [0.4, 0.5) is 11.4 Å². The van der Waals surface area contributed by atoms with E-state index in [2.05, 4.69) is 0 Å². The summed E-state index contributed by atoms with van der Waals surface area (Å²) in [6.07, 6.45) is 0.628. The molecule has 0 spiro atoms. The van der Waals surface area contributed by atoms with Crippen LogP contribution < -0.4 is 9.96 Å². The summed E-state index contributed by atoms with van der Waals surface area (Å²) in [6.45, 7) is 0. The SMILES string of the molecule is O=C1[C@H]2[C@@H](ON(c3ccccc3)[C@H]2c2ccco2)C(=O)N1c1ccc(Cl)cc1. The second-order valence-electron chi connectivity index (χ2n) is 6.66. The highest BCUT2D eigenvalue weighted by Gasteiger charge is 2.61. The van der Waals surface area contributed by atoms with Gasteiger partial charge in [-0.05, 0) is 48.5 Å². The number of hydroxylamine groups is 1. The Bertz CT molecular complexity index is 1020. The largest absolute Gasteiger partial charge is 0.467 e. The summed E-state index contributed by atoms with van der Waals surface area (Å²) in [5.74, 6) is -0.866. The van der Waals surface area contributed by atoms with Gasteiger partial charge in [-0.15, -0.1) is 0 Å². The number of amides is 2. The molecule has 2 aliphatic heterocycles. The average molecular weight is 395 g/mol. The number of furan rings is 1. The number of carbonyl (C=O) groups is 2. The van der Waals surface area contributed by atoms with Gasteiger partial charge < -0.3 is 4.42 Å². The molecule has 0 unspecified atom stereocenters. The number of para-hydroxylation sites is 1. The number of rotatable bonds is 3. The van der Waals surface area contributed by atoms with Gasteiger partial charge in [0.15, 0.2) is 6.10 Å². The molecule has 140 valence electrons. The minimum absolute atomic E-state index is 0.322. The molecule has 3 aromatic rings. The van der Waals surface area contributed by atoms with Gasteiger partial charge in [0.25, 0.3) is 5.91 Å². The lowest BCUT2D eigenvalue weighted by atomic mass is 9.94. The molecule has 7 heteroatoms. The van der Waals surface area contributed by atoms with E-state index in [1.165, 1.54) is 4.90 Å². The highest BCUT2D eigenvalue weighted by molar-refractivity contribution is 6.31. The number of anilines is 2. The zero-order valence-corrected chi connectivity index (χ0v) is 15.3. The topological polar surface area (TPSA) is 63.0 Å². The predicted molar refractivity (Wildman–Crippen MR) is 103 cm³/mol. The van der Waals surface area contributed by atoms with Crippen LogP contribution >= 0.6 is 11.6 Å². The van der Waals surface area contributed by atoms with Crippen molar-refractivity contribution in [3.63, 3.8) is 0 Å². The van der Waals surface area contributed by atoms with Gasteiger partial charge >= 0.3 is 0 Å². The van der Waals surface area contributed by atoms with Crippen LogP contribution in [0.15, 0.2) is 77.4 Å². The van der Waals surface area contributed by atoms with Gasteiger partial charge in [0.2, 0.25) is 5.91 Å². The van der Waals surface area contributed by atoms with Crippen molar-refractivity contribution in [2.24, 2.45) is 5.92 Å². The zero-order valence-electron chi connectivity index (χ0n) is 14.6. The molecule has 6 nitrogen and oxygen atoms in total. The first-order chi connectivity index (χ1) is 13.6. The van der Waals surface area contributed by atoms with Crippen LogP contribution in [0.25, 0.3) is 0 Å². The van der Waals surface area contributed by atoms with Crippen molar-refractivity contribution in [1.29, 1.82) is 0 Å². The molecular weight excluding hydrogens is 380 g/mol. The number of fused-ring (bicyclic) bond motifs is 1. The Balaban J connectivity index is 1.56. The lowest BCUT2D eigenvalue weighted by Crippen LogP contribution is -2.37. The van der Waals surface area contributed by atoms with Gasteiger partial charge in [-0.2, -0.15) is 0 Å². The number of carbonyl (C=O) groups excluding carboxylic acids is 2. The second kappa shape index (κ2) is 6.51. The number of benzene rings is 2. The van der Waals surface area contributed by atoms with Gasteiger partial charge in [-0.25, -0.2) is 9.96 Å². The lowest BCUT2D eigenvalue weighted by molar-refractivity contribution is -0.126. The van der Waals surface area contributed by atoms with E-state index in [9.17, 15) is 9.59 Å². The van der Waals surface area contributed by atoms with Crippen LogP contribution in [-0.4, -0.2) is 17.9 Å². The monoisotopic (exact) mass is 394 g/mol. The summed E-state index contributed by atoms with van der Waals surface area (Å²) >= 11 is 5.93. The Hall–Kier alpha value is -3.09. The van der Waals surface area contributed by atoms with Crippen LogP contribution in [0.3, 0.4) is 0 Å². The van der Waals surface area contributed by atoms with Crippen molar-refractivity contribution in [3.8, 4) is 0 Å². The Morgan fingerprint density at radius 2 is 1.57 bits per heavy atom. The molecule has 2 amide bonds. The summed E-state index contributed by atoms with van der Waals surface area (Å²) in [4.78, 5) is 33.5. The van der Waals surface area contributed by atoms with E-state index >= 15 is 0 Å². The summed E-state index contributed by atoms with van der Waals surface area (Å²) in [5.41, 5.74) is 1.22. The van der Waals surface area contributed by atoms with E-state index in [0.29, 0.717) is 16.5 Å². The quantitative estimate of drug-likeness (QED) is 0.629. The lowest BCUT2D eigenvalue weighted by Gasteiger charge is -2.27. The Labute approximate surface area is 165 Å². The fraction of sp³-hybridized carbons (Fsp3) is 0.143. The third kappa shape index (κ3) is 2.53. The maximum atomic E-state index is 13.3. The average Bonchev–Trinajstić information content (AvgIpc) is 3.42. The molecule has 2 saturated heterocycles. The predicted octanol–water partition coefficient (Wildman–Crippen LogP) is 3.98. The minimum atomic E-state index is -0.918. The van der Waals surface area contributed by atoms with Crippen molar-refractivity contribution in [2.75, 3.05) is 9.96 Å². The molecule has 2 aromatic carbocycles. The molecular formula is C21H15ClN2O4. The number of nitrogens with zero attached hydrogens (tertiary/aromatic N) is 2. The Morgan fingerprint density at radius 3 is 2.25 bits per heavy atom. The van der Waals surface area contributed by atoms with Crippen LogP contribution in [0, 0.1) is 5.92 Å². The molecule has 0 bridgehead atoms. The van der Waals surface area contributed by atoms with E-state index in [1.54, 1.807) is 47.7 Å². The summed E-state index contributed by atoms with van der Waals surface area (Å²) in [6, 6.07) is 18.9. The van der Waals surface area contributed by atoms with Crippen molar-refractivity contribution < 1.29 is 18.8 Å². The summed E-state index contributed by atoms with van der Waals surface area (Å²) < 4.78 is 5.60. The molecule has 2 aliphatic rings. The molecule has 1 aromatic heterocycles. The number of imide groups is 1. The van der Waals surface area contributed by atoms with Gasteiger partial charge in [-0.3, -0.25) is 14.4 Å². The Morgan fingerprint density at radius 1 is 0.821 bits per heavy atom. The standard InChI is InChI=1S/C21H15ClN2O4/c22-13-8-10-14(11-9-13)23-20(25)17-18(16-7-4-12-27-16)24(28-19(17)21(23)26)15-5-2-1-3-6-15/h1-12,17-19H/t17-,18+,19-/m1/s1. The first-order valence-electron chi connectivity index (χ1n) is 8.83. The van der Waals surface area contributed by atoms with Crippen LogP contribution in [0.2, 0.25) is 5.02 Å². The number of hydrogen-bond donors (Lipinski definition) is 0. The van der Waals surface area contributed by atoms with Gasteiger partial charge in [0.1, 0.15) is 17.7 Å². The molecule has 3 atom stereocenters. The maximum Gasteiger partial charge on any atom is 0.266 e. The molecule has 5 rings (SSSR count). The summed E-state index contributed by atoms with van der Waals surface area (Å²) in [5, 5.41) is 2.13. The first kappa shape index (κ1) is 17.0. The second-order valence-corrected chi connectivity index (χ2v) is 7.10. The fourth-order valence-electron chi connectivity index (χ4n) is 3.81. The highest BCUT2D eigenvalue weighted by Crippen LogP contribution is 2.47. The van der Waals surface area contributed by atoms with E-state index in [4.69, 9.17) is 20.9 Å². The van der Waals surface area contributed by atoms with Gasteiger partial charge in [0, 0.05) is 5.02 Å². The minimum Gasteiger partial charge on any atom is -0.467 e. The molecule has 0 radical (unpaired) electrons. The smallest absolute Gasteiger partial charge is 0.266 e. The molecule has 0 N–H and O–H groups in total. The molecule has 0 aliphatic carbocycles. The van der Waals surface area contributed by atoms with E-state index in [1.807, 2.05) is 30.3 Å². The highest BCUT2D eigenvalue weighted by atomic mass is 35.5. The molecule has 2 fully saturated rings. The molecule has 3 heterocycles. The van der Waals surface area contributed by atoms with Gasteiger partial charge in [0.05, 0.1) is 17.6 Å². The fourth-order valence-corrected chi connectivity index (χ4v) is 3.93. The number of halogens is 1. The van der Waals surface area contributed by atoms with Crippen molar-refractivity contribution in [3.05, 3.63) is 83.8 Å². The third-order valence-corrected chi connectivity index (χ3v) is 5.30. The third-order valence-electron chi connectivity index (χ3n) is 5.05. The van der Waals surface area contributed by atoms with E-state index < -0.39 is 24.0 Å². The first-order valence-corrected chi connectivity index (χ1v) is 9.21. The summed E-state index contributed by atoms with van der Waals surface area (Å²) in [7, 11) is 0. The Kier molecular flexibility index (Phi) is 3.96. The molecule has 28 heavy (non-hydrogen) atoms. The molecule has 0 saturated carbocycles. The normalized spacial score (nSPS) is 24.1. The van der Waals surface area contributed by atoms with E-state index in [0.717, 1.165) is 5.69 Å². The van der Waals surface area contributed by atoms with Crippen molar-refractivity contribution in [2.45, 2.75) is 12.1 Å². The van der Waals surface area contributed by atoms with Gasteiger partial charge in [-0.1, -0.05) is 29.8 Å². The van der Waals surface area contributed by atoms with Crippen LogP contribution in [0.1, 0.15) is 11.8 Å². The van der Waals surface area contributed by atoms with Crippen LogP contribution in [-0.2, 0) is 14.4 Å². The van der Waals surface area contributed by atoms with Crippen molar-refractivity contribution >= 4 is 34.8 Å². The maximum absolute atomic E-state index is 13.3.